The third-order valence-corrected chi connectivity index (χ3v) is 12.3. The molecule has 5 atom stereocenters. The van der Waals surface area contributed by atoms with Crippen LogP contribution in [-0.2, 0) is 32.9 Å². The third-order valence-electron chi connectivity index (χ3n) is 7.79. The number of ether oxygens (including phenoxy) is 5. The zero-order valence-corrected chi connectivity index (χ0v) is 24.8. The van der Waals surface area contributed by atoms with Crippen LogP contribution in [-0.4, -0.2) is 76.2 Å². The average molecular weight is 517 g/mol. The largest absolute Gasteiger partial charge is 0.466 e. The lowest BCUT2D eigenvalue weighted by molar-refractivity contribution is -0.349. The summed E-state index contributed by atoms with van der Waals surface area (Å²) in [5, 5.41) is 11.6. The molecule has 204 valence electrons. The van der Waals surface area contributed by atoms with Crippen molar-refractivity contribution in [3.8, 4) is 0 Å². The minimum absolute atomic E-state index is 0.0244. The van der Waals surface area contributed by atoms with E-state index in [0.717, 1.165) is 0 Å². The molecule has 2 saturated heterocycles. The highest BCUT2D eigenvalue weighted by atomic mass is 28.4. The minimum Gasteiger partial charge on any atom is -0.466 e. The summed E-state index contributed by atoms with van der Waals surface area (Å²) >= 11 is 0. The Morgan fingerprint density at radius 1 is 1.14 bits per heavy atom. The zero-order valence-electron chi connectivity index (χ0n) is 23.8. The predicted molar refractivity (Wildman–Crippen MR) is 136 cm³/mol. The summed E-state index contributed by atoms with van der Waals surface area (Å²) in [5.74, 6) is -2.66. The van der Waals surface area contributed by atoms with Gasteiger partial charge in [-0.25, -0.2) is 4.79 Å². The van der Waals surface area contributed by atoms with E-state index in [1.165, 1.54) is 20.3 Å². The van der Waals surface area contributed by atoms with E-state index in [9.17, 15) is 9.90 Å². The Morgan fingerprint density at radius 3 is 2.20 bits per heavy atom. The number of hydrogen-bond acceptors (Lipinski definition) is 8. The van der Waals surface area contributed by atoms with Gasteiger partial charge in [0.25, 0.3) is 0 Å². The number of carbonyl (C=O) groups excluding carboxylic acids is 1. The molecule has 2 aliphatic heterocycles. The van der Waals surface area contributed by atoms with E-state index in [1.54, 1.807) is 0 Å². The van der Waals surface area contributed by atoms with Crippen LogP contribution in [0, 0.1) is 5.41 Å². The zero-order chi connectivity index (χ0) is 27.0. The highest BCUT2D eigenvalue weighted by molar-refractivity contribution is 6.74. The van der Waals surface area contributed by atoms with Crippen LogP contribution in [0.2, 0.25) is 18.1 Å². The monoisotopic (exact) mass is 516 g/mol. The van der Waals surface area contributed by atoms with Crippen molar-refractivity contribution in [2.75, 3.05) is 20.8 Å². The van der Waals surface area contributed by atoms with Crippen molar-refractivity contribution < 1.29 is 38.0 Å². The molecule has 2 fully saturated rings. The lowest BCUT2D eigenvalue weighted by atomic mass is 9.75. The first-order chi connectivity index (χ1) is 15.8. The van der Waals surface area contributed by atoms with Gasteiger partial charge in [-0.05, 0) is 50.9 Å². The van der Waals surface area contributed by atoms with E-state index in [4.69, 9.17) is 28.1 Å². The summed E-state index contributed by atoms with van der Waals surface area (Å²) < 4.78 is 36.1. The topological polar surface area (TPSA) is 92.7 Å². The summed E-state index contributed by atoms with van der Waals surface area (Å²) in [6, 6.07) is 0. The Balaban J connectivity index is 2.41. The quantitative estimate of drug-likeness (QED) is 0.285. The SMILES string of the molecule is COC(=O)/C=C1\C[C@@H](C[C@H]2OC(C)(C)O[C@@H]2C)O[C@@](OC)(C(C)(C)CO[Si](C)(C)C(C)(C)C)[C@@H]1O. The number of aliphatic hydroxyl groups is 1. The first-order valence-electron chi connectivity index (χ1n) is 12.5. The third kappa shape index (κ3) is 6.55. The summed E-state index contributed by atoms with van der Waals surface area (Å²) in [7, 11) is 0.756. The molecular weight excluding hydrogens is 468 g/mol. The van der Waals surface area contributed by atoms with Gasteiger partial charge < -0.3 is 33.2 Å². The van der Waals surface area contributed by atoms with Crippen molar-refractivity contribution in [3.63, 3.8) is 0 Å². The molecule has 8 nitrogen and oxygen atoms in total. The predicted octanol–water partition coefficient (Wildman–Crippen LogP) is 4.56. The fourth-order valence-electron chi connectivity index (χ4n) is 4.61. The molecule has 0 aliphatic carbocycles. The average Bonchev–Trinajstić information content (AvgIpc) is 2.98. The molecule has 2 aliphatic rings. The van der Waals surface area contributed by atoms with Crippen LogP contribution in [0.3, 0.4) is 0 Å². The lowest BCUT2D eigenvalue weighted by Gasteiger charge is -2.53. The molecule has 2 rings (SSSR count). The van der Waals surface area contributed by atoms with Crippen molar-refractivity contribution in [3.05, 3.63) is 11.6 Å². The van der Waals surface area contributed by atoms with Gasteiger partial charge in [-0.15, -0.1) is 0 Å². The van der Waals surface area contributed by atoms with Crippen LogP contribution in [0.4, 0.5) is 0 Å². The van der Waals surface area contributed by atoms with Gasteiger partial charge in [0.2, 0.25) is 5.79 Å². The van der Waals surface area contributed by atoms with Crippen LogP contribution in [0.5, 0.6) is 0 Å². The highest BCUT2D eigenvalue weighted by Gasteiger charge is 2.58. The number of esters is 1. The van der Waals surface area contributed by atoms with Gasteiger partial charge in [0, 0.05) is 31.6 Å². The van der Waals surface area contributed by atoms with Crippen LogP contribution >= 0.6 is 0 Å². The fourth-order valence-corrected chi connectivity index (χ4v) is 5.76. The molecule has 0 aromatic carbocycles. The maximum atomic E-state index is 12.2. The van der Waals surface area contributed by atoms with Crippen molar-refractivity contribution in [1.29, 1.82) is 0 Å². The second-order valence-corrected chi connectivity index (χ2v) is 17.3. The van der Waals surface area contributed by atoms with E-state index in [2.05, 4.69) is 33.9 Å². The Labute approximate surface area is 212 Å². The number of aliphatic hydroxyl groups excluding tert-OH is 1. The maximum absolute atomic E-state index is 12.2. The maximum Gasteiger partial charge on any atom is 0.330 e. The van der Waals surface area contributed by atoms with Gasteiger partial charge >= 0.3 is 5.97 Å². The fraction of sp³-hybridized carbons (Fsp3) is 0.885. The van der Waals surface area contributed by atoms with Crippen LogP contribution in [0.1, 0.15) is 68.2 Å². The van der Waals surface area contributed by atoms with Crippen LogP contribution in [0.15, 0.2) is 11.6 Å². The van der Waals surface area contributed by atoms with Gasteiger partial charge in [-0.3, -0.25) is 0 Å². The van der Waals surface area contributed by atoms with E-state index in [-0.39, 0.29) is 23.4 Å². The van der Waals surface area contributed by atoms with Gasteiger partial charge in [0.05, 0.1) is 25.4 Å². The normalized spacial score (nSPS) is 33.2. The van der Waals surface area contributed by atoms with Crippen molar-refractivity contribution >= 4 is 14.3 Å². The van der Waals surface area contributed by atoms with Gasteiger partial charge in [-0.2, -0.15) is 0 Å². The standard InChI is InChI=1S/C26H48O8Si/c1-17-20(34-25(7,8)32-17)15-19-13-18(14-21(27)29-9)22(28)26(30-10,33-19)24(5,6)16-31-35(11,12)23(2,3)4/h14,17,19-20,22,28H,13,15-16H2,1-12H3/b18-14+/t17-,19+,20-,22-,26-/m1/s1. The first kappa shape index (κ1) is 30.4. The van der Waals surface area contributed by atoms with E-state index in [1.807, 2.05) is 34.6 Å². The van der Waals surface area contributed by atoms with Crippen LogP contribution < -0.4 is 0 Å². The Kier molecular flexibility index (Phi) is 9.13. The van der Waals surface area contributed by atoms with E-state index in [0.29, 0.717) is 25.0 Å². The highest BCUT2D eigenvalue weighted by Crippen LogP contribution is 2.48. The molecule has 35 heavy (non-hydrogen) atoms. The summed E-state index contributed by atoms with van der Waals surface area (Å²) in [5.41, 5.74) is -0.260. The smallest absolute Gasteiger partial charge is 0.330 e. The van der Waals surface area contributed by atoms with Crippen molar-refractivity contribution in [2.45, 2.75) is 122 Å². The second kappa shape index (κ2) is 10.5. The Hall–Kier alpha value is -0.813. The molecule has 0 aromatic rings. The van der Waals surface area contributed by atoms with E-state index < -0.39 is 37.4 Å². The molecule has 0 spiro atoms. The van der Waals surface area contributed by atoms with Gasteiger partial charge in [0.15, 0.2) is 14.1 Å². The lowest BCUT2D eigenvalue weighted by Crippen LogP contribution is -2.64. The second-order valence-electron chi connectivity index (χ2n) is 12.5. The molecule has 0 unspecified atom stereocenters. The molecule has 1 N–H and O–H groups in total. The van der Waals surface area contributed by atoms with Crippen molar-refractivity contribution in [2.24, 2.45) is 5.41 Å². The molecule has 0 bridgehead atoms. The number of methoxy groups -OCH3 is 2. The Bertz CT molecular complexity index is 785. The van der Waals surface area contributed by atoms with Crippen LogP contribution in [0.25, 0.3) is 0 Å². The minimum atomic E-state index is -2.08. The molecule has 2 heterocycles. The van der Waals surface area contributed by atoms with Gasteiger partial charge in [-0.1, -0.05) is 34.6 Å². The van der Waals surface area contributed by atoms with E-state index >= 15 is 0 Å². The molecular formula is C26H48O8Si. The molecule has 0 aromatic heterocycles. The van der Waals surface area contributed by atoms with Crippen molar-refractivity contribution in [1.82, 2.24) is 0 Å². The Morgan fingerprint density at radius 2 is 1.74 bits per heavy atom. The molecule has 0 radical (unpaired) electrons. The molecule has 9 heteroatoms. The molecule has 0 amide bonds. The summed E-state index contributed by atoms with van der Waals surface area (Å²) in [4.78, 5) is 12.2. The summed E-state index contributed by atoms with van der Waals surface area (Å²) in [6.45, 7) is 20.9. The number of rotatable bonds is 8. The summed E-state index contributed by atoms with van der Waals surface area (Å²) in [6.07, 6.45) is 0.305. The first-order valence-corrected chi connectivity index (χ1v) is 15.4. The van der Waals surface area contributed by atoms with Gasteiger partial charge in [0.1, 0.15) is 6.10 Å². The number of hydrogen-bond donors (Lipinski definition) is 1. The molecule has 0 saturated carbocycles. The number of carbonyl (C=O) groups is 1.